The quantitative estimate of drug-likeness (QED) is 0.792. The first-order valence-corrected chi connectivity index (χ1v) is 9.55. The van der Waals surface area contributed by atoms with Gasteiger partial charge in [-0.1, -0.05) is 18.2 Å². The zero-order valence-corrected chi connectivity index (χ0v) is 14.2. The third kappa shape index (κ3) is 2.24. The fourth-order valence-electron chi connectivity index (χ4n) is 3.41. The van der Waals surface area contributed by atoms with E-state index in [2.05, 4.69) is 0 Å². The summed E-state index contributed by atoms with van der Waals surface area (Å²) in [4.78, 5) is 31.7. The molecule has 4 nitrogen and oxygen atoms in total. The molecule has 0 radical (unpaired) electrons. The summed E-state index contributed by atoms with van der Waals surface area (Å²) in [5.41, 5.74) is 1.27. The topological polar surface area (TPSA) is 52.0 Å². The van der Waals surface area contributed by atoms with Gasteiger partial charge in [-0.2, -0.15) is 0 Å². The Labute approximate surface area is 136 Å². The lowest BCUT2D eigenvalue weighted by Crippen LogP contribution is -2.25. The number of hydrogen-bond donors (Lipinski definition) is 0. The number of fused-ring (bicyclic) bond motifs is 3. The fourth-order valence-corrected chi connectivity index (χ4v) is 5.90. The molecule has 6 heteroatoms. The van der Waals surface area contributed by atoms with Crippen LogP contribution in [0, 0.1) is 0 Å². The number of aromatic nitrogens is 2. The van der Waals surface area contributed by atoms with Gasteiger partial charge in [-0.25, -0.2) is 4.98 Å². The van der Waals surface area contributed by atoms with Crippen LogP contribution in [0.25, 0.3) is 10.2 Å². The van der Waals surface area contributed by atoms with Crippen LogP contribution in [-0.2, 0) is 24.7 Å². The van der Waals surface area contributed by atoms with Crippen molar-refractivity contribution in [3.63, 3.8) is 0 Å². The lowest BCUT2D eigenvalue weighted by molar-refractivity contribution is -0.119. The molecule has 2 aliphatic rings. The molecule has 0 unspecified atom stereocenters. The minimum absolute atomic E-state index is 0.0314. The van der Waals surface area contributed by atoms with Crippen molar-refractivity contribution in [2.45, 2.75) is 55.4 Å². The van der Waals surface area contributed by atoms with Gasteiger partial charge >= 0.3 is 0 Å². The molecule has 2 aliphatic carbocycles. The first kappa shape index (κ1) is 14.5. The average Bonchev–Trinajstić information content (AvgIpc) is 3.07. The third-order valence-electron chi connectivity index (χ3n) is 4.65. The SMILES string of the molecule is Cn1c(S[C@@H]2CCCCC2=O)nc2sc3c(c2c1=O)CCC3. The predicted molar refractivity (Wildman–Crippen MR) is 90.0 cm³/mol. The number of Topliss-reactive ketones (excluding diaryl/α,β-unsaturated/α-hetero) is 1. The van der Waals surface area contributed by atoms with Crippen molar-refractivity contribution in [1.29, 1.82) is 0 Å². The van der Waals surface area contributed by atoms with Gasteiger partial charge in [0, 0.05) is 18.3 Å². The van der Waals surface area contributed by atoms with Gasteiger partial charge in [-0.05, 0) is 37.7 Å². The van der Waals surface area contributed by atoms with Crippen molar-refractivity contribution < 1.29 is 4.79 Å². The van der Waals surface area contributed by atoms with Crippen molar-refractivity contribution in [2.75, 3.05) is 0 Å². The zero-order chi connectivity index (χ0) is 15.3. The van der Waals surface area contributed by atoms with Gasteiger partial charge in [0.1, 0.15) is 10.6 Å². The number of carbonyl (C=O) groups excluding carboxylic acids is 1. The van der Waals surface area contributed by atoms with Gasteiger partial charge in [0.2, 0.25) is 0 Å². The summed E-state index contributed by atoms with van der Waals surface area (Å²) in [5.74, 6) is 0.305. The van der Waals surface area contributed by atoms with Gasteiger partial charge in [0.25, 0.3) is 5.56 Å². The Morgan fingerprint density at radius 3 is 2.86 bits per heavy atom. The van der Waals surface area contributed by atoms with Gasteiger partial charge in [-0.3, -0.25) is 14.2 Å². The van der Waals surface area contributed by atoms with E-state index in [0.29, 0.717) is 17.4 Å². The molecule has 1 saturated carbocycles. The van der Waals surface area contributed by atoms with Crippen LogP contribution in [0.1, 0.15) is 42.5 Å². The number of rotatable bonds is 2. The first-order chi connectivity index (χ1) is 10.6. The predicted octanol–water partition coefficient (Wildman–Crippen LogP) is 3.09. The molecule has 0 spiro atoms. The fraction of sp³-hybridized carbons (Fsp3) is 0.562. The maximum absolute atomic E-state index is 12.7. The number of nitrogens with zero attached hydrogens (tertiary/aromatic N) is 2. The monoisotopic (exact) mass is 334 g/mol. The van der Waals surface area contributed by atoms with Crippen LogP contribution in [0.5, 0.6) is 0 Å². The van der Waals surface area contributed by atoms with Crippen molar-refractivity contribution in [2.24, 2.45) is 7.05 Å². The molecule has 4 rings (SSSR count). The molecule has 116 valence electrons. The molecule has 1 fully saturated rings. The van der Waals surface area contributed by atoms with Crippen LogP contribution in [0.4, 0.5) is 0 Å². The maximum atomic E-state index is 12.7. The Kier molecular flexibility index (Phi) is 3.61. The second-order valence-corrected chi connectivity index (χ2v) is 8.37. The Balaban J connectivity index is 1.77. The second-order valence-electron chi connectivity index (χ2n) is 6.11. The summed E-state index contributed by atoms with van der Waals surface area (Å²) >= 11 is 3.14. The van der Waals surface area contributed by atoms with Crippen molar-refractivity contribution in [3.8, 4) is 0 Å². The highest BCUT2D eigenvalue weighted by atomic mass is 32.2. The Morgan fingerprint density at radius 1 is 1.18 bits per heavy atom. The average molecular weight is 334 g/mol. The van der Waals surface area contributed by atoms with E-state index in [4.69, 9.17) is 4.98 Å². The number of hydrogen-bond acceptors (Lipinski definition) is 5. The number of thioether (sulfide) groups is 1. The van der Waals surface area contributed by atoms with E-state index in [0.717, 1.165) is 48.7 Å². The number of thiophene rings is 1. The van der Waals surface area contributed by atoms with Crippen LogP contribution in [0.2, 0.25) is 0 Å². The standard InChI is InChI=1S/C16H18N2O2S2/c1-18-15(20)13-9-5-4-8-11(9)21-14(13)17-16(18)22-12-7-3-2-6-10(12)19/h12H,2-8H2,1H3/t12-/m1/s1. The minimum atomic E-state index is -0.0314. The molecule has 1 atom stereocenters. The minimum Gasteiger partial charge on any atom is -0.298 e. The summed E-state index contributed by atoms with van der Waals surface area (Å²) in [5, 5.41) is 1.48. The van der Waals surface area contributed by atoms with Crippen LogP contribution in [0.15, 0.2) is 9.95 Å². The van der Waals surface area contributed by atoms with E-state index in [-0.39, 0.29) is 10.8 Å². The Morgan fingerprint density at radius 2 is 2.05 bits per heavy atom. The summed E-state index contributed by atoms with van der Waals surface area (Å²) in [6.45, 7) is 0. The normalized spacial score (nSPS) is 21.5. The molecule has 0 N–H and O–H groups in total. The highest BCUT2D eigenvalue weighted by Crippen LogP contribution is 2.36. The van der Waals surface area contributed by atoms with Crippen molar-refractivity contribution >= 4 is 39.1 Å². The van der Waals surface area contributed by atoms with E-state index in [1.807, 2.05) is 0 Å². The van der Waals surface area contributed by atoms with Gasteiger partial charge in [-0.15, -0.1) is 11.3 Å². The van der Waals surface area contributed by atoms with E-state index < -0.39 is 0 Å². The molecule has 0 aromatic carbocycles. The summed E-state index contributed by atoms with van der Waals surface area (Å²) < 4.78 is 1.64. The highest BCUT2D eigenvalue weighted by Gasteiger charge is 2.27. The highest BCUT2D eigenvalue weighted by molar-refractivity contribution is 8.00. The van der Waals surface area contributed by atoms with Gasteiger partial charge in [0.15, 0.2) is 5.16 Å². The van der Waals surface area contributed by atoms with Gasteiger partial charge < -0.3 is 0 Å². The van der Waals surface area contributed by atoms with Crippen LogP contribution in [-0.4, -0.2) is 20.6 Å². The smallest absolute Gasteiger partial charge is 0.262 e. The molecule has 2 aromatic rings. The molecule has 2 heterocycles. The Bertz CT molecular complexity index is 822. The number of aryl methyl sites for hydroxylation is 2. The summed E-state index contributed by atoms with van der Waals surface area (Å²) in [7, 11) is 1.78. The van der Waals surface area contributed by atoms with Crippen LogP contribution >= 0.6 is 23.1 Å². The van der Waals surface area contributed by atoms with Gasteiger partial charge in [0.05, 0.1) is 10.6 Å². The first-order valence-electron chi connectivity index (χ1n) is 7.86. The van der Waals surface area contributed by atoms with Crippen molar-refractivity contribution in [1.82, 2.24) is 9.55 Å². The molecule has 0 aliphatic heterocycles. The lowest BCUT2D eigenvalue weighted by Gasteiger charge is -2.20. The third-order valence-corrected chi connectivity index (χ3v) is 7.20. The van der Waals surface area contributed by atoms with E-state index >= 15 is 0 Å². The van der Waals surface area contributed by atoms with E-state index in [1.165, 1.54) is 22.2 Å². The molecular weight excluding hydrogens is 316 g/mol. The lowest BCUT2D eigenvalue weighted by atomic mass is 9.99. The molecule has 0 amide bonds. The molecule has 2 aromatic heterocycles. The number of ketones is 1. The maximum Gasteiger partial charge on any atom is 0.262 e. The Hall–Kier alpha value is -1.14. The molecule has 0 saturated heterocycles. The summed E-state index contributed by atoms with van der Waals surface area (Å²) in [6.07, 6.45) is 6.88. The van der Waals surface area contributed by atoms with Crippen LogP contribution < -0.4 is 5.56 Å². The van der Waals surface area contributed by atoms with Crippen LogP contribution in [0.3, 0.4) is 0 Å². The van der Waals surface area contributed by atoms with Crippen molar-refractivity contribution in [3.05, 3.63) is 20.8 Å². The molecule has 22 heavy (non-hydrogen) atoms. The van der Waals surface area contributed by atoms with E-state index in [1.54, 1.807) is 23.0 Å². The largest absolute Gasteiger partial charge is 0.298 e. The zero-order valence-electron chi connectivity index (χ0n) is 12.6. The second kappa shape index (κ2) is 5.49. The number of carbonyl (C=O) groups is 1. The summed E-state index contributed by atoms with van der Waals surface area (Å²) in [6, 6.07) is 0. The molecule has 0 bridgehead atoms. The van der Waals surface area contributed by atoms with E-state index in [9.17, 15) is 9.59 Å². The molecular formula is C16H18N2O2S2.